The summed E-state index contributed by atoms with van der Waals surface area (Å²) in [6.07, 6.45) is 4.86. The summed E-state index contributed by atoms with van der Waals surface area (Å²) < 4.78 is 1.10. The molecular weight excluding hydrogens is 134 g/mol. The van der Waals surface area contributed by atoms with Gasteiger partial charge in [-0.2, -0.15) is 0 Å². The summed E-state index contributed by atoms with van der Waals surface area (Å²) in [5.41, 5.74) is 0.345. The molecule has 0 amide bonds. The van der Waals surface area contributed by atoms with Crippen LogP contribution in [0.1, 0.15) is 33.6 Å². The van der Waals surface area contributed by atoms with Gasteiger partial charge in [-0.05, 0) is 27.4 Å². The smallest absolute Gasteiger partial charge is 0.0948 e. The fraction of sp³-hybridized carbons (Fsp3) is 0.800. The van der Waals surface area contributed by atoms with Gasteiger partial charge in [0, 0.05) is 12.8 Å². The monoisotopic (exact) mass is 154 g/mol. The lowest BCUT2D eigenvalue weighted by Crippen LogP contribution is -2.53. The van der Waals surface area contributed by atoms with Gasteiger partial charge in [0.1, 0.15) is 0 Å². The van der Waals surface area contributed by atoms with Gasteiger partial charge >= 0.3 is 0 Å². The number of hydrogen-bond acceptors (Lipinski definition) is 0. The zero-order valence-electron chi connectivity index (χ0n) is 8.06. The Bertz CT molecular complexity index is 147. The van der Waals surface area contributed by atoms with E-state index < -0.39 is 0 Å². The molecule has 1 rings (SSSR count). The Hall–Kier alpha value is -0.300. The summed E-state index contributed by atoms with van der Waals surface area (Å²) in [6.45, 7) is 13.4. The molecular formula is C10H20N+. The van der Waals surface area contributed by atoms with Gasteiger partial charge in [0.25, 0.3) is 0 Å². The quantitative estimate of drug-likeness (QED) is 0.509. The van der Waals surface area contributed by atoms with Crippen molar-refractivity contribution in [1.82, 2.24) is 0 Å². The molecule has 0 atom stereocenters. The average molecular weight is 154 g/mol. The molecule has 1 heterocycles. The van der Waals surface area contributed by atoms with E-state index in [-0.39, 0.29) is 0 Å². The predicted octanol–water partition coefficient (Wildman–Crippen LogP) is 2.54. The van der Waals surface area contributed by atoms with Crippen LogP contribution in [-0.4, -0.2) is 23.1 Å². The molecule has 0 bridgehead atoms. The highest BCUT2D eigenvalue weighted by molar-refractivity contribution is 4.74. The van der Waals surface area contributed by atoms with E-state index in [2.05, 4.69) is 33.6 Å². The van der Waals surface area contributed by atoms with Crippen molar-refractivity contribution < 1.29 is 4.48 Å². The first-order valence-corrected chi connectivity index (χ1v) is 4.52. The molecule has 0 N–H and O–H groups in total. The van der Waals surface area contributed by atoms with Crippen molar-refractivity contribution in [3.8, 4) is 0 Å². The Kier molecular flexibility index (Phi) is 2.10. The summed E-state index contributed by atoms with van der Waals surface area (Å²) in [7, 11) is 0. The van der Waals surface area contributed by atoms with Gasteiger partial charge < -0.3 is 0 Å². The molecule has 64 valence electrons. The Morgan fingerprint density at radius 3 is 1.82 bits per heavy atom. The van der Waals surface area contributed by atoms with E-state index >= 15 is 0 Å². The Balaban J connectivity index is 2.83. The minimum Gasteiger partial charge on any atom is -0.294 e. The van der Waals surface area contributed by atoms with Crippen LogP contribution in [0.3, 0.4) is 0 Å². The van der Waals surface area contributed by atoms with Crippen molar-refractivity contribution in [2.45, 2.75) is 39.2 Å². The van der Waals surface area contributed by atoms with Crippen molar-refractivity contribution in [1.29, 1.82) is 0 Å². The van der Waals surface area contributed by atoms with Gasteiger partial charge in [0.2, 0.25) is 0 Å². The number of quaternary nitrogens is 1. The van der Waals surface area contributed by atoms with Gasteiger partial charge in [-0.1, -0.05) is 0 Å². The van der Waals surface area contributed by atoms with Gasteiger partial charge in [-0.3, -0.25) is 4.48 Å². The van der Waals surface area contributed by atoms with Crippen molar-refractivity contribution >= 4 is 0 Å². The first-order chi connectivity index (χ1) is 5.02. The van der Waals surface area contributed by atoms with E-state index in [1.54, 1.807) is 0 Å². The molecule has 0 spiro atoms. The topological polar surface area (TPSA) is 0 Å². The third kappa shape index (κ3) is 1.34. The lowest BCUT2D eigenvalue weighted by atomic mass is 10.0. The van der Waals surface area contributed by atoms with Crippen LogP contribution in [0.25, 0.3) is 0 Å². The molecule has 1 aliphatic rings. The zero-order valence-corrected chi connectivity index (χ0v) is 8.06. The molecule has 0 unspecified atom stereocenters. The van der Waals surface area contributed by atoms with E-state index in [9.17, 15) is 0 Å². The van der Waals surface area contributed by atoms with Crippen LogP contribution in [0, 0.1) is 0 Å². The first kappa shape index (κ1) is 8.79. The molecule has 1 nitrogen and oxygen atoms in total. The maximum absolute atomic E-state index is 3.95. The summed E-state index contributed by atoms with van der Waals surface area (Å²) in [5, 5.41) is 0. The van der Waals surface area contributed by atoms with Crippen LogP contribution in [0.15, 0.2) is 12.8 Å². The Morgan fingerprint density at radius 1 is 1.18 bits per heavy atom. The molecule has 0 aromatic carbocycles. The summed E-state index contributed by atoms with van der Waals surface area (Å²) in [6, 6.07) is 0. The zero-order chi connectivity index (χ0) is 8.54. The number of nitrogens with zero attached hydrogens (tertiary/aromatic N) is 1. The molecule has 0 saturated carbocycles. The predicted molar refractivity (Wildman–Crippen MR) is 49.2 cm³/mol. The molecule has 1 aliphatic heterocycles. The number of likely N-dealkylation sites (tertiary alicyclic amines) is 1. The molecule has 0 aromatic rings. The van der Waals surface area contributed by atoms with E-state index in [1.807, 2.05) is 0 Å². The summed E-state index contributed by atoms with van der Waals surface area (Å²) >= 11 is 0. The van der Waals surface area contributed by atoms with Crippen molar-refractivity contribution in [2.24, 2.45) is 0 Å². The highest BCUT2D eigenvalue weighted by Gasteiger charge is 2.40. The van der Waals surface area contributed by atoms with E-state index in [1.165, 1.54) is 25.9 Å². The SMILES string of the molecule is C=C[N+]1(C(C)(C)C)CCCC1. The highest BCUT2D eigenvalue weighted by atomic mass is 15.4. The Morgan fingerprint density at radius 2 is 1.64 bits per heavy atom. The van der Waals surface area contributed by atoms with Gasteiger partial charge in [0.15, 0.2) is 0 Å². The number of rotatable bonds is 1. The molecule has 0 aliphatic carbocycles. The number of hydrogen-bond donors (Lipinski definition) is 0. The standard InChI is InChI=1S/C10H20N/c1-5-11(10(2,3)4)8-6-7-9-11/h5H,1,6-9H2,2-4H3/q+1. The fourth-order valence-electron chi connectivity index (χ4n) is 2.03. The lowest BCUT2D eigenvalue weighted by molar-refractivity contribution is -0.913. The van der Waals surface area contributed by atoms with Crippen LogP contribution in [0.5, 0.6) is 0 Å². The van der Waals surface area contributed by atoms with Crippen molar-refractivity contribution in [2.75, 3.05) is 13.1 Å². The van der Waals surface area contributed by atoms with Gasteiger partial charge in [0.05, 0.1) is 24.8 Å². The summed E-state index contributed by atoms with van der Waals surface area (Å²) in [5.74, 6) is 0. The highest BCUT2D eigenvalue weighted by Crippen LogP contribution is 2.31. The van der Waals surface area contributed by atoms with E-state index in [0.717, 1.165) is 4.48 Å². The second-order valence-corrected chi connectivity index (χ2v) is 4.54. The molecule has 11 heavy (non-hydrogen) atoms. The minimum absolute atomic E-state index is 0.345. The molecule has 0 aromatic heterocycles. The molecule has 1 fully saturated rings. The summed E-state index contributed by atoms with van der Waals surface area (Å²) in [4.78, 5) is 0. The van der Waals surface area contributed by atoms with Crippen molar-refractivity contribution in [3.63, 3.8) is 0 Å². The molecule has 1 heteroatoms. The van der Waals surface area contributed by atoms with Crippen LogP contribution >= 0.6 is 0 Å². The van der Waals surface area contributed by atoms with Crippen LogP contribution < -0.4 is 0 Å². The minimum atomic E-state index is 0.345. The van der Waals surface area contributed by atoms with Gasteiger partial charge in [-0.25, -0.2) is 0 Å². The molecule has 0 radical (unpaired) electrons. The van der Waals surface area contributed by atoms with E-state index in [0.29, 0.717) is 5.54 Å². The van der Waals surface area contributed by atoms with Gasteiger partial charge in [-0.15, -0.1) is 0 Å². The van der Waals surface area contributed by atoms with Crippen LogP contribution in [0.2, 0.25) is 0 Å². The Labute approximate surface area is 70.3 Å². The van der Waals surface area contributed by atoms with E-state index in [4.69, 9.17) is 0 Å². The van der Waals surface area contributed by atoms with Crippen molar-refractivity contribution in [3.05, 3.63) is 12.8 Å². The largest absolute Gasteiger partial charge is 0.294 e. The van der Waals surface area contributed by atoms with Crippen LogP contribution in [-0.2, 0) is 0 Å². The average Bonchev–Trinajstić information content (AvgIpc) is 2.33. The van der Waals surface area contributed by atoms with Crippen LogP contribution in [0.4, 0.5) is 0 Å². The molecule has 1 saturated heterocycles. The second kappa shape index (κ2) is 2.63. The maximum atomic E-state index is 3.95. The fourth-order valence-corrected chi connectivity index (χ4v) is 2.03. The second-order valence-electron chi connectivity index (χ2n) is 4.54. The third-order valence-corrected chi connectivity index (χ3v) is 3.05. The first-order valence-electron chi connectivity index (χ1n) is 4.52. The maximum Gasteiger partial charge on any atom is 0.0948 e. The normalized spacial score (nSPS) is 23.5. The lowest BCUT2D eigenvalue weighted by Gasteiger charge is -2.42. The third-order valence-electron chi connectivity index (χ3n) is 3.05.